The van der Waals surface area contributed by atoms with E-state index >= 15 is 0 Å². The molecule has 0 saturated heterocycles. The molecule has 0 bridgehead atoms. The lowest BCUT2D eigenvalue weighted by Gasteiger charge is -2.22. The van der Waals surface area contributed by atoms with Crippen molar-refractivity contribution in [2.75, 3.05) is 6.61 Å². The van der Waals surface area contributed by atoms with Crippen LogP contribution in [0.4, 0.5) is 0 Å². The third-order valence-corrected chi connectivity index (χ3v) is 3.42. The molecule has 0 fully saturated rings. The van der Waals surface area contributed by atoms with Gasteiger partial charge in [0.1, 0.15) is 12.6 Å². The van der Waals surface area contributed by atoms with Crippen LogP contribution in [-0.2, 0) is 11.3 Å². The lowest BCUT2D eigenvalue weighted by molar-refractivity contribution is -0.121. The molecular formula is C21H25NO2. The van der Waals surface area contributed by atoms with E-state index in [9.17, 15) is 5.21 Å². The van der Waals surface area contributed by atoms with Gasteiger partial charge in [0.25, 0.3) is 0 Å². The number of ether oxygens (including phenoxy) is 1. The van der Waals surface area contributed by atoms with Crippen molar-refractivity contribution in [1.82, 2.24) is 5.06 Å². The first-order valence-electron chi connectivity index (χ1n) is 8.12. The fraction of sp³-hybridized carbons (Fsp3) is 0.333. The molecule has 1 atom stereocenters. The Morgan fingerprint density at radius 3 is 2.17 bits per heavy atom. The topological polar surface area (TPSA) is 32.7 Å². The molecule has 0 saturated carbocycles. The maximum absolute atomic E-state index is 10.6. The van der Waals surface area contributed by atoms with Crippen LogP contribution in [0.15, 0.2) is 60.7 Å². The second-order valence-corrected chi connectivity index (χ2v) is 6.62. The summed E-state index contributed by atoms with van der Waals surface area (Å²) in [5.41, 5.74) is 1.77. The molecular weight excluding hydrogens is 298 g/mol. The van der Waals surface area contributed by atoms with Crippen molar-refractivity contribution in [2.45, 2.75) is 39.0 Å². The summed E-state index contributed by atoms with van der Waals surface area (Å²) < 4.78 is 5.64. The Morgan fingerprint density at radius 2 is 1.58 bits per heavy atom. The predicted molar refractivity (Wildman–Crippen MR) is 96.4 cm³/mol. The van der Waals surface area contributed by atoms with E-state index in [1.807, 2.05) is 81.4 Å². The molecule has 0 amide bonds. The minimum absolute atomic E-state index is 0.222. The SMILES string of the molecule is CC(C)(C)OCC#CC(c1ccccc1)N(O)Cc1ccccc1. The summed E-state index contributed by atoms with van der Waals surface area (Å²) >= 11 is 0. The van der Waals surface area contributed by atoms with Crippen LogP contribution in [0, 0.1) is 11.8 Å². The van der Waals surface area contributed by atoms with Crippen molar-refractivity contribution in [3.8, 4) is 11.8 Å². The third-order valence-electron chi connectivity index (χ3n) is 3.42. The number of nitrogens with zero attached hydrogens (tertiary/aromatic N) is 1. The van der Waals surface area contributed by atoms with E-state index in [0.29, 0.717) is 13.2 Å². The molecule has 3 nitrogen and oxygen atoms in total. The van der Waals surface area contributed by atoms with E-state index in [-0.39, 0.29) is 5.60 Å². The first-order valence-corrected chi connectivity index (χ1v) is 8.12. The van der Waals surface area contributed by atoms with E-state index in [0.717, 1.165) is 11.1 Å². The lowest BCUT2D eigenvalue weighted by atomic mass is 10.1. The fourth-order valence-corrected chi connectivity index (χ4v) is 2.22. The standard InChI is InChI=1S/C21H25NO2/c1-21(2,3)24-16-10-15-20(19-13-8-5-9-14-19)22(23)17-18-11-6-4-7-12-18/h4-9,11-14,20,23H,16-17H2,1-3H3. The van der Waals surface area contributed by atoms with Gasteiger partial charge in [-0.3, -0.25) is 0 Å². The molecule has 0 aromatic heterocycles. The minimum atomic E-state index is -0.394. The fourth-order valence-electron chi connectivity index (χ4n) is 2.22. The molecule has 1 N–H and O–H groups in total. The van der Waals surface area contributed by atoms with Crippen LogP contribution < -0.4 is 0 Å². The molecule has 1 unspecified atom stereocenters. The Labute approximate surface area is 144 Å². The average molecular weight is 323 g/mol. The zero-order valence-electron chi connectivity index (χ0n) is 14.6. The first kappa shape index (κ1) is 18.2. The number of hydrogen-bond acceptors (Lipinski definition) is 3. The van der Waals surface area contributed by atoms with Crippen LogP contribution in [0.1, 0.15) is 37.9 Å². The van der Waals surface area contributed by atoms with Crippen LogP contribution in [0.2, 0.25) is 0 Å². The van der Waals surface area contributed by atoms with Gasteiger partial charge >= 0.3 is 0 Å². The van der Waals surface area contributed by atoms with Gasteiger partial charge in [0.05, 0.1) is 12.1 Å². The highest BCUT2D eigenvalue weighted by atomic mass is 16.5. The molecule has 2 aromatic rings. The Kier molecular flexibility index (Phi) is 6.57. The van der Waals surface area contributed by atoms with Crippen molar-refractivity contribution in [3.05, 3.63) is 71.8 Å². The Bertz CT molecular complexity index is 666. The molecule has 3 heteroatoms. The number of hydroxylamine groups is 2. The zero-order valence-corrected chi connectivity index (χ0v) is 14.6. The van der Waals surface area contributed by atoms with Gasteiger partial charge in [-0.15, -0.1) is 0 Å². The molecule has 24 heavy (non-hydrogen) atoms. The van der Waals surface area contributed by atoms with Crippen LogP contribution in [-0.4, -0.2) is 22.5 Å². The molecule has 0 aliphatic carbocycles. The van der Waals surface area contributed by atoms with Gasteiger partial charge in [0, 0.05) is 0 Å². The van der Waals surface area contributed by atoms with Gasteiger partial charge in [-0.05, 0) is 31.9 Å². The Morgan fingerprint density at radius 1 is 1.00 bits per heavy atom. The van der Waals surface area contributed by atoms with Gasteiger partial charge in [-0.1, -0.05) is 72.5 Å². The summed E-state index contributed by atoms with van der Waals surface area (Å²) in [6, 6.07) is 19.3. The molecule has 126 valence electrons. The normalized spacial score (nSPS) is 12.5. The van der Waals surface area contributed by atoms with Gasteiger partial charge in [0.15, 0.2) is 0 Å². The van der Waals surface area contributed by atoms with Crippen LogP contribution >= 0.6 is 0 Å². The van der Waals surface area contributed by atoms with Gasteiger partial charge in [-0.25, -0.2) is 0 Å². The third kappa shape index (κ3) is 6.17. The minimum Gasteiger partial charge on any atom is -0.363 e. The van der Waals surface area contributed by atoms with E-state index < -0.39 is 6.04 Å². The van der Waals surface area contributed by atoms with E-state index in [1.54, 1.807) is 0 Å². The second-order valence-electron chi connectivity index (χ2n) is 6.62. The van der Waals surface area contributed by atoms with Gasteiger partial charge in [0.2, 0.25) is 0 Å². The van der Waals surface area contributed by atoms with E-state index in [4.69, 9.17) is 4.74 Å². The van der Waals surface area contributed by atoms with Crippen LogP contribution in [0.5, 0.6) is 0 Å². The quantitative estimate of drug-likeness (QED) is 0.652. The Balaban J connectivity index is 2.13. The molecule has 2 rings (SSSR count). The van der Waals surface area contributed by atoms with Crippen molar-refractivity contribution in [1.29, 1.82) is 0 Å². The predicted octanol–water partition coefficient (Wildman–Crippen LogP) is 4.44. The molecule has 0 radical (unpaired) electrons. The van der Waals surface area contributed by atoms with Crippen molar-refractivity contribution in [3.63, 3.8) is 0 Å². The highest BCUT2D eigenvalue weighted by Gasteiger charge is 2.16. The molecule has 0 aliphatic rings. The zero-order chi connectivity index (χ0) is 17.4. The maximum atomic E-state index is 10.6. The summed E-state index contributed by atoms with van der Waals surface area (Å²) in [5, 5.41) is 11.8. The number of hydrogen-bond donors (Lipinski definition) is 1. The molecule has 0 spiro atoms. The largest absolute Gasteiger partial charge is 0.363 e. The highest BCUT2D eigenvalue weighted by molar-refractivity contribution is 5.27. The second kappa shape index (κ2) is 8.65. The summed E-state index contributed by atoms with van der Waals surface area (Å²) in [5.74, 6) is 6.16. The summed E-state index contributed by atoms with van der Waals surface area (Å²) in [6.07, 6.45) is 0. The van der Waals surface area contributed by atoms with E-state index in [1.165, 1.54) is 5.06 Å². The summed E-state index contributed by atoms with van der Waals surface area (Å²) in [4.78, 5) is 0. The lowest BCUT2D eigenvalue weighted by Crippen LogP contribution is -2.24. The average Bonchev–Trinajstić information content (AvgIpc) is 2.55. The number of rotatable bonds is 5. The Hall–Kier alpha value is -2.12. The van der Waals surface area contributed by atoms with Crippen LogP contribution in [0.3, 0.4) is 0 Å². The number of benzene rings is 2. The van der Waals surface area contributed by atoms with Gasteiger partial charge < -0.3 is 9.94 Å². The molecule has 2 aromatic carbocycles. The monoisotopic (exact) mass is 323 g/mol. The van der Waals surface area contributed by atoms with Crippen molar-refractivity contribution >= 4 is 0 Å². The summed E-state index contributed by atoms with van der Waals surface area (Å²) in [6.45, 7) is 6.74. The van der Waals surface area contributed by atoms with Gasteiger partial charge in [-0.2, -0.15) is 5.06 Å². The van der Waals surface area contributed by atoms with Crippen molar-refractivity contribution in [2.24, 2.45) is 0 Å². The van der Waals surface area contributed by atoms with Crippen LogP contribution in [0.25, 0.3) is 0 Å². The smallest absolute Gasteiger partial charge is 0.121 e. The van der Waals surface area contributed by atoms with E-state index in [2.05, 4.69) is 11.8 Å². The maximum Gasteiger partial charge on any atom is 0.121 e. The summed E-state index contributed by atoms with van der Waals surface area (Å²) in [7, 11) is 0. The molecule has 0 heterocycles. The molecule has 0 aliphatic heterocycles. The highest BCUT2D eigenvalue weighted by Crippen LogP contribution is 2.20. The van der Waals surface area contributed by atoms with Crippen molar-refractivity contribution < 1.29 is 9.94 Å². The first-order chi connectivity index (χ1) is 11.5.